The van der Waals surface area contributed by atoms with Crippen LogP contribution in [-0.4, -0.2) is 58.1 Å². The number of alkyl halides is 3. The zero-order chi connectivity index (χ0) is 14.6. The Morgan fingerprint density at radius 1 is 1.47 bits per heavy atom. The zero-order valence-electron chi connectivity index (χ0n) is 10.5. The standard InChI is InChI=1S/C8H14N4.C2HF3O2/c1-11-4-8(5-11)10-7-3-9-12(2)6-7;3-2(4,5)1(6)7/h3,6,8,10H,4-5H2,1-2H3;(H,6,7). The summed E-state index contributed by atoms with van der Waals surface area (Å²) in [4.78, 5) is 11.2. The van der Waals surface area contributed by atoms with E-state index in [9.17, 15) is 13.2 Å². The van der Waals surface area contributed by atoms with Gasteiger partial charge >= 0.3 is 12.1 Å². The summed E-state index contributed by atoms with van der Waals surface area (Å²) < 4.78 is 33.5. The number of aliphatic carboxylic acids is 1. The first-order valence-electron chi connectivity index (χ1n) is 5.42. The third-order valence-corrected chi connectivity index (χ3v) is 2.38. The molecule has 1 aromatic rings. The van der Waals surface area contributed by atoms with Gasteiger partial charge in [-0.25, -0.2) is 4.79 Å². The van der Waals surface area contributed by atoms with Gasteiger partial charge in [-0.15, -0.1) is 0 Å². The molecule has 0 aromatic carbocycles. The predicted molar refractivity (Wildman–Crippen MR) is 61.8 cm³/mol. The Morgan fingerprint density at radius 3 is 2.32 bits per heavy atom. The monoisotopic (exact) mass is 280 g/mol. The van der Waals surface area contributed by atoms with Crippen molar-refractivity contribution < 1.29 is 23.1 Å². The number of rotatable bonds is 2. The highest BCUT2D eigenvalue weighted by Gasteiger charge is 2.38. The number of likely N-dealkylation sites (tertiary alicyclic amines) is 1. The number of hydrogen-bond acceptors (Lipinski definition) is 4. The van der Waals surface area contributed by atoms with Crippen LogP contribution in [0.15, 0.2) is 12.4 Å². The number of likely N-dealkylation sites (N-methyl/N-ethyl adjacent to an activating group) is 1. The average Bonchev–Trinajstić information content (AvgIpc) is 2.61. The molecule has 0 unspecified atom stereocenters. The quantitative estimate of drug-likeness (QED) is 0.837. The number of hydrogen-bond donors (Lipinski definition) is 2. The number of aromatic nitrogens is 2. The number of aryl methyl sites for hydroxylation is 1. The summed E-state index contributed by atoms with van der Waals surface area (Å²) in [7, 11) is 4.06. The molecule has 2 rings (SSSR count). The van der Waals surface area contributed by atoms with Crippen LogP contribution in [0.3, 0.4) is 0 Å². The lowest BCUT2D eigenvalue weighted by atomic mass is 10.1. The van der Waals surface area contributed by atoms with E-state index < -0.39 is 12.1 Å². The third kappa shape index (κ3) is 5.16. The molecule has 0 atom stereocenters. The molecule has 0 bridgehead atoms. The Kier molecular flexibility index (Phi) is 4.76. The SMILES string of the molecule is CN1CC(Nc2cnn(C)c2)C1.O=C(O)C(F)(F)F. The van der Waals surface area contributed by atoms with Gasteiger partial charge in [-0.3, -0.25) is 4.68 Å². The summed E-state index contributed by atoms with van der Waals surface area (Å²) in [6, 6.07) is 0.610. The van der Waals surface area contributed by atoms with Gasteiger partial charge in [-0.05, 0) is 7.05 Å². The summed E-state index contributed by atoms with van der Waals surface area (Å²) in [5.41, 5.74) is 1.12. The molecule has 1 aliphatic rings. The van der Waals surface area contributed by atoms with E-state index in [1.54, 1.807) is 0 Å². The lowest BCUT2D eigenvalue weighted by Crippen LogP contribution is -2.52. The minimum atomic E-state index is -5.08. The van der Waals surface area contributed by atoms with Gasteiger partial charge in [0.2, 0.25) is 0 Å². The molecule has 19 heavy (non-hydrogen) atoms. The van der Waals surface area contributed by atoms with Crippen LogP contribution in [0, 0.1) is 0 Å². The van der Waals surface area contributed by atoms with Crippen LogP contribution in [0.5, 0.6) is 0 Å². The van der Waals surface area contributed by atoms with Crippen molar-refractivity contribution in [2.24, 2.45) is 7.05 Å². The maximum absolute atomic E-state index is 10.6. The van der Waals surface area contributed by atoms with Crippen molar-refractivity contribution in [1.82, 2.24) is 14.7 Å². The van der Waals surface area contributed by atoms with E-state index in [2.05, 4.69) is 22.4 Å². The van der Waals surface area contributed by atoms with Gasteiger partial charge in [0, 0.05) is 26.3 Å². The number of carboxylic acid groups (broad SMARTS) is 1. The molecule has 0 spiro atoms. The van der Waals surface area contributed by atoms with Crippen molar-refractivity contribution >= 4 is 11.7 Å². The fourth-order valence-corrected chi connectivity index (χ4v) is 1.52. The Morgan fingerprint density at radius 2 is 2.00 bits per heavy atom. The maximum atomic E-state index is 10.6. The number of anilines is 1. The van der Waals surface area contributed by atoms with Crippen LogP contribution in [0.1, 0.15) is 0 Å². The Labute approximate surface area is 107 Å². The molecular formula is C10H15F3N4O2. The van der Waals surface area contributed by atoms with Crippen LogP contribution < -0.4 is 5.32 Å². The van der Waals surface area contributed by atoms with Gasteiger partial charge in [0.1, 0.15) is 0 Å². The second-order valence-corrected chi connectivity index (χ2v) is 4.27. The van der Waals surface area contributed by atoms with Gasteiger partial charge in [0.25, 0.3) is 0 Å². The smallest absolute Gasteiger partial charge is 0.475 e. The molecule has 0 aliphatic carbocycles. The number of carbonyl (C=O) groups is 1. The molecule has 2 N–H and O–H groups in total. The minimum Gasteiger partial charge on any atom is -0.475 e. The fourth-order valence-electron chi connectivity index (χ4n) is 1.52. The molecule has 1 aliphatic heterocycles. The first-order chi connectivity index (χ1) is 8.68. The largest absolute Gasteiger partial charge is 0.490 e. The first kappa shape index (κ1) is 15.3. The molecule has 1 saturated heterocycles. The molecule has 6 nitrogen and oxygen atoms in total. The molecule has 0 saturated carbocycles. The number of halogens is 3. The van der Waals surface area contributed by atoms with Crippen LogP contribution in [-0.2, 0) is 11.8 Å². The van der Waals surface area contributed by atoms with Crippen molar-refractivity contribution in [3.8, 4) is 0 Å². The van der Waals surface area contributed by atoms with E-state index in [4.69, 9.17) is 9.90 Å². The second kappa shape index (κ2) is 5.91. The highest BCUT2D eigenvalue weighted by atomic mass is 19.4. The molecule has 2 heterocycles. The Balaban J connectivity index is 0.000000224. The van der Waals surface area contributed by atoms with E-state index >= 15 is 0 Å². The number of nitrogens with one attached hydrogen (secondary N) is 1. The van der Waals surface area contributed by atoms with Gasteiger partial charge in [0.05, 0.1) is 17.9 Å². The second-order valence-electron chi connectivity index (χ2n) is 4.27. The molecule has 9 heteroatoms. The van der Waals surface area contributed by atoms with Crippen molar-refractivity contribution in [2.45, 2.75) is 12.2 Å². The molecule has 0 amide bonds. The lowest BCUT2D eigenvalue weighted by Gasteiger charge is -2.36. The molecule has 108 valence electrons. The van der Waals surface area contributed by atoms with E-state index in [0.29, 0.717) is 6.04 Å². The van der Waals surface area contributed by atoms with Gasteiger partial charge in [-0.1, -0.05) is 0 Å². The molecule has 1 aromatic heterocycles. The molecule has 0 radical (unpaired) electrons. The minimum absolute atomic E-state index is 0.610. The highest BCUT2D eigenvalue weighted by Crippen LogP contribution is 2.13. The molecule has 1 fully saturated rings. The zero-order valence-corrected chi connectivity index (χ0v) is 10.5. The third-order valence-electron chi connectivity index (χ3n) is 2.38. The summed E-state index contributed by atoms with van der Waals surface area (Å²) in [5, 5.41) is 14.6. The Hall–Kier alpha value is -1.77. The van der Waals surface area contributed by atoms with Crippen LogP contribution in [0.25, 0.3) is 0 Å². The van der Waals surface area contributed by atoms with Crippen molar-refractivity contribution in [1.29, 1.82) is 0 Å². The highest BCUT2D eigenvalue weighted by molar-refractivity contribution is 5.73. The average molecular weight is 280 g/mol. The number of nitrogens with zero attached hydrogens (tertiary/aromatic N) is 3. The van der Waals surface area contributed by atoms with Crippen molar-refractivity contribution in [2.75, 3.05) is 25.5 Å². The van der Waals surface area contributed by atoms with Gasteiger partial charge in [0.15, 0.2) is 0 Å². The van der Waals surface area contributed by atoms with Crippen molar-refractivity contribution in [3.63, 3.8) is 0 Å². The fraction of sp³-hybridized carbons (Fsp3) is 0.600. The van der Waals surface area contributed by atoms with Crippen LogP contribution >= 0.6 is 0 Å². The summed E-state index contributed by atoms with van der Waals surface area (Å²) in [6.45, 7) is 2.27. The predicted octanol–water partition coefficient (Wildman–Crippen LogP) is 0.779. The normalized spacial score (nSPS) is 16.3. The van der Waals surface area contributed by atoms with Crippen LogP contribution in [0.2, 0.25) is 0 Å². The first-order valence-corrected chi connectivity index (χ1v) is 5.42. The lowest BCUT2D eigenvalue weighted by molar-refractivity contribution is -0.192. The number of carboxylic acids is 1. The summed E-state index contributed by atoms with van der Waals surface area (Å²) in [6.07, 6.45) is -1.23. The maximum Gasteiger partial charge on any atom is 0.490 e. The van der Waals surface area contributed by atoms with E-state index in [0.717, 1.165) is 18.8 Å². The van der Waals surface area contributed by atoms with Gasteiger partial charge < -0.3 is 15.3 Å². The van der Waals surface area contributed by atoms with E-state index in [-0.39, 0.29) is 0 Å². The van der Waals surface area contributed by atoms with E-state index in [1.807, 2.05) is 24.1 Å². The summed E-state index contributed by atoms with van der Waals surface area (Å²) >= 11 is 0. The topological polar surface area (TPSA) is 70.4 Å². The van der Waals surface area contributed by atoms with Crippen molar-refractivity contribution in [3.05, 3.63) is 12.4 Å². The van der Waals surface area contributed by atoms with Gasteiger partial charge in [-0.2, -0.15) is 18.3 Å². The molecular weight excluding hydrogens is 265 g/mol. The van der Waals surface area contributed by atoms with Crippen LogP contribution in [0.4, 0.5) is 18.9 Å². The van der Waals surface area contributed by atoms with E-state index in [1.165, 1.54) is 0 Å². The Bertz CT molecular complexity index is 427. The summed E-state index contributed by atoms with van der Waals surface area (Å²) in [5.74, 6) is -2.76.